The van der Waals surface area contributed by atoms with Crippen LogP contribution < -0.4 is 15.8 Å². The van der Waals surface area contributed by atoms with Crippen LogP contribution in [0, 0.1) is 6.92 Å². The third kappa shape index (κ3) is 6.83. The van der Waals surface area contributed by atoms with Crippen LogP contribution in [0.1, 0.15) is 27.3 Å². The molecule has 0 aliphatic heterocycles. The van der Waals surface area contributed by atoms with E-state index >= 15 is 0 Å². The van der Waals surface area contributed by atoms with E-state index in [9.17, 15) is 22.8 Å². The van der Waals surface area contributed by atoms with Crippen molar-refractivity contribution in [3.8, 4) is 5.69 Å². The number of aryl methyl sites for hydroxylation is 1. The molecule has 10 nitrogen and oxygen atoms in total. The van der Waals surface area contributed by atoms with Gasteiger partial charge in [0.2, 0.25) is 15.8 Å². The molecule has 4 aromatic rings. The number of carbonyl (C=O) groups is 3. The van der Waals surface area contributed by atoms with E-state index in [1.807, 2.05) is 6.07 Å². The van der Waals surface area contributed by atoms with Crippen LogP contribution >= 0.6 is 0 Å². The number of rotatable bonds is 11. The highest BCUT2D eigenvalue weighted by molar-refractivity contribution is 7.89. The lowest BCUT2D eigenvalue weighted by Crippen LogP contribution is -2.47. The third-order valence-electron chi connectivity index (χ3n) is 5.91. The van der Waals surface area contributed by atoms with Gasteiger partial charge in [-0.2, -0.15) is 5.10 Å². The molecule has 0 spiro atoms. The van der Waals surface area contributed by atoms with Gasteiger partial charge in [0, 0.05) is 13.0 Å². The van der Waals surface area contributed by atoms with E-state index in [0.717, 1.165) is 5.56 Å². The molecule has 0 fully saturated rings. The smallest absolute Gasteiger partial charge is 0.287 e. The zero-order valence-corrected chi connectivity index (χ0v) is 21.9. The first-order chi connectivity index (χ1) is 18.6. The van der Waals surface area contributed by atoms with Gasteiger partial charge in [0.25, 0.3) is 11.8 Å². The Morgan fingerprint density at radius 3 is 2.13 bits per heavy atom. The summed E-state index contributed by atoms with van der Waals surface area (Å²) in [6.07, 6.45) is 0.0923. The summed E-state index contributed by atoms with van der Waals surface area (Å²) in [7, 11) is -3.66. The van der Waals surface area contributed by atoms with Gasteiger partial charge in [0.15, 0.2) is 0 Å². The second-order valence-electron chi connectivity index (χ2n) is 8.83. The fourth-order valence-corrected chi connectivity index (χ4v) is 4.98. The molecule has 1 heterocycles. The number of nitrogens with zero attached hydrogens (tertiary/aromatic N) is 2. The van der Waals surface area contributed by atoms with E-state index in [2.05, 4.69) is 15.1 Å². The molecule has 0 bridgehead atoms. The number of hydrogen-bond donors (Lipinski definition) is 3. The topological polar surface area (TPSA) is 153 Å². The third-order valence-corrected chi connectivity index (χ3v) is 7.33. The molecule has 39 heavy (non-hydrogen) atoms. The van der Waals surface area contributed by atoms with E-state index in [-0.39, 0.29) is 23.6 Å². The number of nitrogens with two attached hydrogens (primary N) is 1. The van der Waals surface area contributed by atoms with Crippen LogP contribution in [0.3, 0.4) is 0 Å². The second kappa shape index (κ2) is 11.8. The summed E-state index contributed by atoms with van der Waals surface area (Å²) >= 11 is 0. The zero-order chi connectivity index (χ0) is 28.0. The molecule has 1 atom stereocenters. The molecular formula is C28H27N5O5S. The Bertz CT molecular complexity index is 1580. The van der Waals surface area contributed by atoms with Gasteiger partial charge in [-0.15, -0.1) is 0 Å². The van der Waals surface area contributed by atoms with Gasteiger partial charge in [0.1, 0.15) is 11.7 Å². The lowest BCUT2D eigenvalue weighted by atomic mass is 10.0. The fourth-order valence-electron chi connectivity index (χ4n) is 3.94. The van der Waals surface area contributed by atoms with E-state index in [1.165, 1.54) is 16.8 Å². The summed E-state index contributed by atoms with van der Waals surface area (Å²) in [4.78, 5) is 37.5. The maximum absolute atomic E-state index is 13.2. The van der Waals surface area contributed by atoms with Crippen molar-refractivity contribution in [1.82, 2.24) is 19.8 Å². The summed E-state index contributed by atoms with van der Waals surface area (Å²) in [5.41, 5.74) is 7.93. The monoisotopic (exact) mass is 545 g/mol. The van der Waals surface area contributed by atoms with Crippen molar-refractivity contribution in [2.45, 2.75) is 30.8 Å². The highest BCUT2D eigenvalue weighted by Gasteiger charge is 2.27. The minimum absolute atomic E-state index is 0.0688. The average molecular weight is 546 g/mol. The van der Waals surface area contributed by atoms with Crippen molar-refractivity contribution in [2.75, 3.05) is 0 Å². The Morgan fingerprint density at radius 1 is 0.897 bits per heavy atom. The van der Waals surface area contributed by atoms with E-state index in [1.54, 1.807) is 79.7 Å². The van der Waals surface area contributed by atoms with Crippen molar-refractivity contribution in [1.29, 1.82) is 0 Å². The molecule has 4 rings (SSSR count). The highest BCUT2D eigenvalue weighted by atomic mass is 32.2. The Balaban J connectivity index is 1.51. The molecule has 0 aliphatic rings. The van der Waals surface area contributed by atoms with Crippen molar-refractivity contribution < 1.29 is 22.8 Å². The lowest BCUT2D eigenvalue weighted by molar-refractivity contribution is -0.137. The van der Waals surface area contributed by atoms with Crippen LogP contribution in [0.5, 0.6) is 0 Å². The van der Waals surface area contributed by atoms with E-state index in [4.69, 9.17) is 5.73 Å². The Hall–Kier alpha value is -4.61. The maximum Gasteiger partial charge on any atom is 0.287 e. The van der Waals surface area contributed by atoms with Gasteiger partial charge in [0.05, 0.1) is 16.3 Å². The summed E-state index contributed by atoms with van der Waals surface area (Å²) in [6.45, 7) is 1.79. The summed E-state index contributed by atoms with van der Waals surface area (Å²) in [5, 5.41) is 7.02. The molecule has 2 amide bonds. The van der Waals surface area contributed by atoms with Gasteiger partial charge >= 0.3 is 0 Å². The van der Waals surface area contributed by atoms with Gasteiger partial charge in [-0.3, -0.25) is 14.4 Å². The minimum Gasteiger partial charge on any atom is -0.363 e. The summed E-state index contributed by atoms with van der Waals surface area (Å²) in [6, 6.07) is 24.3. The highest BCUT2D eigenvalue weighted by Crippen LogP contribution is 2.16. The molecule has 1 unspecified atom stereocenters. The van der Waals surface area contributed by atoms with Crippen LogP contribution in [0.4, 0.5) is 0 Å². The standard InChI is InChI=1S/C28H27N5O5S/c1-19-16-25(28(36)31-24(26(34)27(29)35)17-20-8-4-2-5-9-20)33(32-19)22-14-12-21(13-15-22)18-30-39(37,38)23-10-6-3-7-11-23/h2-16,24,30H,17-18H2,1H3,(H2,29,35)(H,31,36). The quantitative estimate of drug-likeness (QED) is 0.245. The Labute approximate surface area is 225 Å². The number of carbonyl (C=O) groups excluding carboxylic acids is 3. The first kappa shape index (κ1) is 27.4. The molecule has 3 aromatic carbocycles. The first-order valence-corrected chi connectivity index (χ1v) is 13.5. The van der Waals surface area contributed by atoms with Crippen LogP contribution in [0.15, 0.2) is 95.9 Å². The van der Waals surface area contributed by atoms with Crippen molar-refractivity contribution in [3.63, 3.8) is 0 Å². The number of aromatic nitrogens is 2. The van der Waals surface area contributed by atoms with Gasteiger partial charge in [-0.05, 0) is 48.4 Å². The van der Waals surface area contributed by atoms with E-state index in [0.29, 0.717) is 16.9 Å². The van der Waals surface area contributed by atoms with Gasteiger partial charge < -0.3 is 11.1 Å². The molecule has 11 heteroatoms. The van der Waals surface area contributed by atoms with Crippen molar-refractivity contribution in [3.05, 3.63) is 114 Å². The second-order valence-corrected chi connectivity index (χ2v) is 10.6. The Kier molecular flexibility index (Phi) is 8.33. The number of hydrogen-bond acceptors (Lipinski definition) is 6. The molecule has 0 saturated carbocycles. The number of Topliss-reactive ketones (excluding diaryl/α,β-unsaturated/α-hetero) is 1. The molecule has 0 radical (unpaired) electrons. The molecular weight excluding hydrogens is 518 g/mol. The SMILES string of the molecule is Cc1cc(C(=O)NC(Cc2ccccc2)C(=O)C(N)=O)n(-c2ccc(CNS(=O)(=O)c3ccccc3)cc2)n1. The maximum atomic E-state index is 13.2. The van der Waals surface area contributed by atoms with Crippen LogP contribution in [-0.4, -0.2) is 41.8 Å². The molecule has 1 aromatic heterocycles. The van der Waals surface area contributed by atoms with Crippen molar-refractivity contribution >= 4 is 27.6 Å². The van der Waals surface area contributed by atoms with Crippen LogP contribution in [0.2, 0.25) is 0 Å². The van der Waals surface area contributed by atoms with Crippen LogP contribution in [0.25, 0.3) is 5.69 Å². The number of ketones is 1. The first-order valence-electron chi connectivity index (χ1n) is 12.0. The summed E-state index contributed by atoms with van der Waals surface area (Å²) in [5.74, 6) is -2.65. The molecule has 0 aliphatic carbocycles. The number of sulfonamides is 1. The van der Waals surface area contributed by atoms with Gasteiger partial charge in [-0.25, -0.2) is 17.8 Å². The Morgan fingerprint density at radius 2 is 1.51 bits per heavy atom. The largest absolute Gasteiger partial charge is 0.363 e. The number of primary amides is 1. The van der Waals surface area contributed by atoms with Crippen molar-refractivity contribution in [2.24, 2.45) is 5.73 Å². The zero-order valence-electron chi connectivity index (χ0n) is 21.1. The minimum atomic E-state index is -3.66. The fraction of sp³-hybridized carbons (Fsp3) is 0.143. The molecule has 0 saturated heterocycles. The predicted molar refractivity (Wildman–Crippen MR) is 144 cm³/mol. The average Bonchev–Trinajstić information content (AvgIpc) is 3.34. The normalized spacial score (nSPS) is 12.0. The molecule has 200 valence electrons. The van der Waals surface area contributed by atoms with Gasteiger partial charge in [-0.1, -0.05) is 60.7 Å². The predicted octanol–water partition coefficient (Wildman–Crippen LogP) is 2.05. The summed E-state index contributed by atoms with van der Waals surface area (Å²) < 4.78 is 28.9. The number of benzene rings is 3. The number of amides is 2. The lowest BCUT2D eigenvalue weighted by Gasteiger charge is -2.17. The molecule has 4 N–H and O–H groups in total. The van der Waals surface area contributed by atoms with E-state index < -0.39 is 33.7 Å². The number of nitrogens with one attached hydrogen (secondary N) is 2. The van der Waals surface area contributed by atoms with Crippen LogP contribution in [-0.2, 0) is 32.6 Å².